The summed E-state index contributed by atoms with van der Waals surface area (Å²) in [6.07, 6.45) is 1.79. The average Bonchev–Trinajstić information content (AvgIpc) is 3.64. The molecule has 7 aromatic carbocycles. The van der Waals surface area contributed by atoms with Crippen molar-refractivity contribution in [3.63, 3.8) is 0 Å². The first-order chi connectivity index (χ1) is 26.6. The van der Waals surface area contributed by atoms with Gasteiger partial charge < -0.3 is 9.55 Å². The van der Waals surface area contributed by atoms with Crippen molar-refractivity contribution in [1.29, 1.82) is 0 Å². The van der Waals surface area contributed by atoms with E-state index >= 15 is 0 Å². The van der Waals surface area contributed by atoms with E-state index in [1.54, 1.807) is 6.20 Å². The molecule has 0 aliphatic carbocycles. The minimum atomic E-state index is 0. The van der Waals surface area contributed by atoms with Crippen LogP contribution in [0.2, 0.25) is 0 Å². The van der Waals surface area contributed by atoms with E-state index in [2.05, 4.69) is 169 Å². The second kappa shape index (κ2) is 17.3. The van der Waals surface area contributed by atoms with Crippen LogP contribution in [0.25, 0.3) is 72.7 Å². The number of hydrogen-bond acceptors (Lipinski definition) is 2. The third kappa shape index (κ3) is 8.17. The van der Waals surface area contributed by atoms with E-state index in [4.69, 9.17) is 4.98 Å². The molecule has 0 N–H and O–H groups in total. The molecular weight excluding hydrogens is 847 g/mol. The van der Waals surface area contributed by atoms with E-state index in [-0.39, 0.29) is 20.1 Å². The van der Waals surface area contributed by atoms with Gasteiger partial charge in [0.1, 0.15) is 0 Å². The zero-order valence-corrected chi connectivity index (χ0v) is 33.1. The molecule has 4 heteroatoms. The first kappa shape index (κ1) is 37.1. The van der Waals surface area contributed by atoms with Gasteiger partial charge in [-0.2, -0.15) is 0 Å². The predicted molar refractivity (Wildman–Crippen MR) is 224 cm³/mol. The molecule has 0 saturated carbocycles. The molecular formula is C51H39IrN3-2. The molecule has 269 valence electrons. The minimum absolute atomic E-state index is 0. The van der Waals surface area contributed by atoms with Gasteiger partial charge >= 0.3 is 0 Å². The van der Waals surface area contributed by atoms with Crippen molar-refractivity contribution in [1.82, 2.24) is 14.5 Å². The van der Waals surface area contributed by atoms with Gasteiger partial charge in [-0.25, -0.2) is 0 Å². The Bertz CT molecular complexity index is 2490. The second-order valence-corrected chi connectivity index (χ2v) is 13.5. The summed E-state index contributed by atoms with van der Waals surface area (Å²) in [6, 6.07) is 71.8. The van der Waals surface area contributed by atoms with Gasteiger partial charge in [0.2, 0.25) is 0 Å². The number of benzene rings is 7. The summed E-state index contributed by atoms with van der Waals surface area (Å²) in [5.41, 5.74) is 14.5. The molecule has 1 radical (unpaired) electrons. The molecule has 0 aliphatic heterocycles. The number of nitrogens with zero attached hydrogens (tertiary/aromatic N) is 3. The molecule has 2 aromatic heterocycles. The van der Waals surface area contributed by atoms with Gasteiger partial charge in [-0.15, -0.1) is 71.8 Å². The molecule has 0 saturated heterocycles. The summed E-state index contributed by atoms with van der Waals surface area (Å²) in [7, 11) is 0. The molecule has 0 bridgehead atoms. The van der Waals surface area contributed by atoms with Crippen molar-refractivity contribution in [2.75, 3.05) is 0 Å². The molecule has 0 fully saturated rings. The van der Waals surface area contributed by atoms with Gasteiger partial charge in [0, 0.05) is 37.4 Å². The Kier molecular flexibility index (Phi) is 11.7. The van der Waals surface area contributed by atoms with Crippen LogP contribution in [-0.4, -0.2) is 14.5 Å². The van der Waals surface area contributed by atoms with Crippen LogP contribution in [0.4, 0.5) is 0 Å². The Labute approximate surface area is 337 Å². The van der Waals surface area contributed by atoms with Crippen molar-refractivity contribution in [2.45, 2.75) is 19.8 Å². The Hall–Kier alpha value is -6.19. The van der Waals surface area contributed by atoms with Crippen LogP contribution in [0.3, 0.4) is 0 Å². The van der Waals surface area contributed by atoms with Gasteiger partial charge in [-0.1, -0.05) is 123 Å². The summed E-state index contributed by atoms with van der Waals surface area (Å²) in [6.45, 7) is 4.53. The molecule has 2 heterocycles. The van der Waals surface area contributed by atoms with Gasteiger partial charge in [-0.05, 0) is 69.8 Å². The van der Waals surface area contributed by atoms with Gasteiger partial charge in [-0.3, -0.25) is 4.98 Å². The maximum atomic E-state index is 5.30. The molecule has 55 heavy (non-hydrogen) atoms. The topological polar surface area (TPSA) is 30.7 Å². The molecule has 0 spiro atoms. The van der Waals surface area contributed by atoms with E-state index < -0.39 is 0 Å². The van der Waals surface area contributed by atoms with Crippen LogP contribution in [0, 0.1) is 12.1 Å². The van der Waals surface area contributed by atoms with E-state index in [1.165, 1.54) is 33.4 Å². The van der Waals surface area contributed by atoms with E-state index in [0.717, 1.165) is 44.9 Å². The van der Waals surface area contributed by atoms with E-state index in [9.17, 15) is 0 Å². The molecule has 0 atom stereocenters. The Morgan fingerprint density at radius 1 is 0.509 bits per heavy atom. The molecule has 3 nitrogen and oxygen atoms in total. The SMILES string of the molecule is CC(C)c1cc(-c2ccccc2)c(-n2c(-c3[c-]cccc3)nc3cc(-c4ccccc4)ccc32)c(-c2ccccc2)c1.[Ir].[c-]1ccccc1-c1ccccn1. The number of rotatable bonds is 7. The number of pyridine rings is 1. The van der Waals surface area contributed by atoms with Crippen LogP contribution in [0.15, 0.2) is 194 Å². The van der Waals surface area contributed by atoms with E-state index in [0.29, 0.717) is 5.92 Å². The average molecular weight is 886 g/mol. The van der Waals surface area contributed by atoms with Crippen molar-refractivity contribution in [2.24, 2.45) is 0 Å². The van der Waals surface area contributed by atoms with E-state index in [1.807, 2.05) is 54.6 Å². The first-order valence-electron chi connectivity index (χ1n) is 18.4. The second-order valence-electron chi connectivity index (χ2n) is 13.5. The predicted octanol–water partition coefficient (Wildman–Crippen LogP) is 13.2. The van der Waals surface area contributed by atoms with Crippen LogP contribution in [0.1, 0.15) is 25.3 Å². The summed E-state index contributed by atoms with van der Waals surface area (Å²) in [5, 5.41) is 0. The third-order valence-corrected chi connectivity index (χ3v) is 9.55. The first-order valence-corrected chi connectivity index (χ1v) is 18.4. The summed E-state index contributed by atoms with van der Waals surface area (Å²) in [4.78, 5) is 9.52. The largest absolute Gasteiger partial charge is 0.332 e. The fourth-order valence-electron chi connectivity index (χ4n) is 6.81. The normalized spacial score (nSPS) is 10.7. The minimum Gasteiger partial charge on any atom is -0.332 e. The van der Waals surface area contributed by atoms with Crippen molar-refractivity contribution in [3.05, 3.63) is 212 Å². The zero-order valence-electron chi connectivity index (χ0n) is 30.7. The van der Waals surface area contributed by atoms with Crippen LogP contribution >= 0.6 is 0 Å². The van der Waals surface area contributed by atoms with Gasteiger partial charge in [0.25, 0.3) is 0 Å². The Morgan fingerprint density at radius 3 is 1.58 bits per heavy atom. The fourth-order valence-corrected chi connectivity index (χ4v) is 6.81. The number of fused-ring (bicyclic) bond motifs is 1. The molecule has 9 aromatic rings. The monoisotopic (exact) mass is 886 g/mol. The quantitative estimate of drug-likeness (QED) is 0.149. The van der Waals surface area contributed by atoms with Crippen molar-refractivity contribution in [3.8, 4) is 61.7 Å². The summed E-state index contributed by atoms with van der Waals surface area (Å²) in [5.74, 6) is 1.25. The Balaban J connectivity index is 0.000000305. The van der Waals surface area contributed by atoms with Gasteiger partial charge in [0.05, 0.1) is 22.5 Å². The van der Waals surface area contributed by atoms with Gasteiger partial charge in [0.15, 0.2) is 0 Å². The number of imidazole rings is 1. The molecule has 0 aliphatic rings. The maximum Gasteiger partial charge on any atom is 0.0780 e. The zero-order chi connectivity index (χ0) is 36.7. The fraction of sp³-hybridized carbons (Fsp3) is 0.0588. The summed E-state index contributed by atoms with van der Waals surface area (Å²) < 4.78 is 2.35. The van der Waals surface area contributed by atoms with Crippen LogP contribution in [-0.2, 0) is 20.1 Å². The van der Waals surface area contributed by atoms with Crippen molar-refractivity contribution < 1.29 is 20.1 Å². The number of aromatic nitrogens is 3. The third-order valence-electron chi connectivity index (χ3n) is 9.55. The molecule has 0 unspecified atom stereocenters. The number of hydrogen-bond donors (Lipinski definition) is 0. The van der Waals surface area contributed by atoms with Crippen LogP contribution < -0.4 is 0 Å². The smallest absolute Gasteiger partial charge is 0.0780 e. The molecule has 0 amide bonds. The van der Waals surface area contributed by atoms with Crippen LogP contribution in [0.5, 0.6) is 0 Å². The maximum absolute atomic E-state index is 5.30. The van der Waals surface area contributed by atoms with Crippen molar-refractivity contribution >= 4 is 11.0 Å². The summed E-state index contributed by atoms with van der Waals surface area (Å²) >= 11 is 0. The Morgan fingerprint density at radius 2 is 1.05 bits per heavy atom. The molecule has 9 rings (SSSR count). The standard InChI is InChI=1S/C40H31N2.C11H8N.Ir/c1-28(2)34-25-35(30-17-9-4-10-18-30)39(36(26-34)31-19-11-5-12-20-31)42-38-24-23-33(29-15-7-3-8-16-29)27-37(38)41-40(42)32-21-13-6-14-22-32;1-2-6-10(7-3-1)11-8-4-5-9-12-11;/h3-21,23-28H,1-2H3;1-6,8-9H;/q2*-1;.